The second kappa shape index (κ2) is 8.99. The molecule has 0 atom stereocenters. The Hall–Kier alpha value is -3.28. The zero-order chi connectivity index (χ0) is 25.0. The fraction of sp³-hybridized carbons (Fsp3) is 0.226. The van der Waals surface area contributed by atoms with Crippen LogP contribution in [-0.4, -0.2) is 15.7 Å². The molecule has 0 saturated heterocycles. The molecule has 6 aromatic rings. The van der Waals surface area contributed by atoms with Crippen LogP contribution >= 0.6 is 22.7 Å². The Balaban J connectivity index is 1.42. The summed E-state index contributed by atoms with van der Waals surface area (Å²) in [7, 11) is 0. The Labute approximate surface area is 219 Å². The van der Waals surface area contributed by atoms with E-state index in [1.54, 1.807) is 11.3 Å². The number of fused-ring (bicyclic) bond motifs is 4. The molecule has 36 heavy (non-hydrogen) atoms. The summed E-state index contributed by atoms with van der Waals surface area (Å²) in [6.07, 6.45) is 1.96. The summed E-state index contributed by atoms with van der Waals surface area (Å²) in [6, 6.07) is 20.3. The number of aromatic amines is 1. The van der Waals surface area contributed by atoms with Gasteiger partial charge < -0.3 is 4.98 Å². The number of H-pyrrole nitrogens is 1. The molecular weight excluding hydrogens is 478 g/mol. The number of aliphatic imine (C=N–C) groups is 1. The minimum absolute atomic E-state index is 0.393. The van der Waals surface area contributed by atoms with Gasteiger partial charge in [0.15, 0.2) is 0 Å². The number of hydrogen-bond acceptors (Lipinski definition) is 4. The summed E-state index contributed by atoms with van der Waals surface area (Å²) in [5, 5.41) is 7.22. The first-order chi connectivity index (χ1) is 17.4. The molecule has 0 amide bonds. The molecule has 180 valence electrons. The molecule has 3 nitrogen and oxygen atoms in total. The predicted octanol–water partition coefficient (Wildman–Crippen LogP) is 10.2. The molecule has 1 N–H and O–H groups in total. The zero-order valence-corrected chi connectivity index (χ0v) is 22.8. The van der Waals surface area contributed by atoms with E-state index in [4.69, 9.17) is 4.99 Å². The lowest BCUT2D eigenvalue weighted by Crippen LogP contribution is -2.00. The first-order valence-corrected chi connectivity index (χ1v) is 14.2. The number of thiophene rings is 2. The van der Waals surface area contributed by atoms with Crippen LogP contribution in [-0.2, 0) is 0 Å². The lowest BCUT2D eigenvalue weighted by atomic mass is 9.99. The van der Waals surface area contributed by atoms with Crippen molar-refractivity contribution >= 4 is 65.0 Å². The van der Waals surface area contributed by atoms with Gasteiger partial charge in [0.25, 0.3) is 0 Å². The van der Waals surface area contributed by atoms with Crippen molar-refractivity contribution in [2.24, 2.45) is 10.9 Å². The molecule has 6 rings (SSSR count). The Bertz CT molecular complexity index is 1760. The summed E-state index contributed by atoms with van der Waals surface area (Å²) in [4.78, 5) is 14.2. The fourth-order valence-corrected chi connectivity index (χ4v) is 6.52. The van der Waals surface area contributed by atoms with Gasteiger partial charge >= 0.3 is 0 Å². The van der Waals surface area contributed by atoms with Crippen LogP contribution < -0.4 is 0 Å². The monoisotopic (exact) mass is 507 g/mol. The van der Waals surface area contributed by atoms with E-state index in [2.05, 4.69) is 105 Å². The molecule has 3 aromatic carbocycles. The zero-order valence-electron chi connectivity index (χ0n) is 21.2. The molecule has 0 bridgehead atoms. The third-order valence-corrected chi connectivity index (χ3v) is 9.00. The van der Waals surface area contributed by atoms with Crippen LogP contribution in [0.25, 0.3) is 52.6 Å². The van der Waals surface area contributed by atoms with Crippen LogP contribution in [0.5, 0.6) is 0 Å². The quantitative estimate of drug-likeness (QED) is 0.232. The maximum atomic E-state index is 4.98. The van der Waals surface area contributed by atoms with Gasteiger partial charge in [-0.2, -0.15) is 0 Å². The SMILES string of the molecule is C/C(=N\c1cc2ccc(-c3ccc4cc(-c5cnc(C(C)C)[nH]5)sc4c3)cc2c2sccc12)C(C)C. The molecule has 5 heteroatoms. The number of nitrogens with zero attached hydrogens (tertiary/aromatic N) is 2. The van der Waals surface area contributed by atoms with Crippen molar-refractivity contribution in [3.63, 3.8) is 0 Å². The topological polar surface area (TPSA) is 41.0 Å². The second-order valence-corrected chi connectivity index (χ2v) is 12.1. The largest absolute Gasteiger partial charge is 0.341 e. The normalized spacial score (nSPS) is 12.7. The van der Waals surface area contributed by atoms with Crippen molar-refractivity contribution in [2.45, 2.75) is 40.5 Å². The molecule has 3 heterocycles. The minimum Gasteiger partial charge on any atom is -0.341 e. The van der Waals surface area contributed by atoms with E-state index in [-0.39, 0.29) is 0 Å². The molecule has 0 aliphatic rings. The number of nitrogens with one attached hydrogen (secondary N) is 1. The van der Waals surface area contributed by atoms with Crippen LogP contribution in [0.3, 0.4) is 0 Å². The van der Waals surface area contributed by atoms with Crippen molar-refractivity contribution < 1.29 is 0 Å². The van der Waals surface area contributed by atoms with Crippen molar-refractivity contribution in [1.29, 1.82) is 0 Å². The second-order valence-electron chi connectivity index (χ2n) is 10.1. The fourth-order valence-electron chi connectivity index (χ4n) is 4.51. The van der Waals surface area contributed by atoms with Crippen LogP contribution in [0.4, 0.5) is 5.69 Å². The van der Waals surface area contributed by atoms with Gasteiger partial charge in [0.05, 0.1) is 22.5 Å². The van der Waals surface area contributed by atoms with Crippen LogP contribution in [0, 0.1) is 5.92 Å². The lowest BCUT2D eigenvalue weighted by Gasteiger charge is -2.09. The number of benzene rings is 3. The Kier molecular flexibility index (Phi) is 5.78. The summed E-state index contributed by atoms with van der Waals surface area (Å²) in [5.74, 6) is 1.87. The number of rotatable bonds is 5. The number of hydrogen-bond donors (Lipinski definition) is 1. The first kappa shape index (κ1) is 23.1. The van der Waals surface area contributed by atoms with Crippen LogP contribution in [0.2, 0.25) is 0 Å². The predicted molar refractivity (Wildman–Crippen MR) is 159 cm³/mol. The highest BCUT2D eigenvalue weighted by atomic mass is 32.1. The first-order valence-electron chi connectivity index (χ1n) is 12.5. The Morgan fingerprint density at radius 2 is 1.67 bits per heavy atom. The van der Waals surface area contributed by atoms with Gasteiger partial charge in [-0.3, -0.25) is 4.99 Å². The van der Waals surface area contributed by atoms with Crippen LogP contribution in [0.15, 0.2) is 71.2 Å². The molecule has 0 radical (unpaired) electrons. The number of aromatic nitrogens is 2. The van der Waals surface area contributed by atoms with E-state index in [9.17, 15) is 0 Å². The summed E-state index contributed by atoms with van der Waals surface area (Å²) >= 11 is 3.62. The average molecular weight is 508 g/mol. The Morgan fingerprint density at radius 1 is 0.889 bits per heavy atom. The van der Waals surface area contributed by atoms with E-state index < -0.39 is 0 Å². The summed E-state index contributed by atoms with van der Waals surface area (Å²) in [5.41, 5.74) is 5.82. The average Bonchev–Trinajstić information content (AvgIpc) is 3.62. The maximum Gasteiger partial charge on any atom is 0.109 e. The smallest absolute Gasteiger partial charge is 0.109 e. The van der Waals surface area contributed by atoms with Gasteiger partial charge in [-0.05, 0) is 70.5 Å². The van der Waals surface area contributed by atoms with Gasteiger partial charge in [-0.15, -0.1) is 22.7 Å². The molecule has 3 aromatic heterocycles. The molecule has 0 unspecified atom stereocenters. The Morgan fingerprint density at radius 3 is 2.42 bits per heavy atom. The third kappa shape index (κ3) is 4.06. The van der Waals surface area contributed by atoms with Gasteiger partial charge in [0.1, 0.15) is 5.82 Å². The highest BCUT2D eigenvalue weighted by Gasteiger charge is 2.13. The molecule has 0 saturated carbocycles. The van der Waals surface area contributed by atoms with Crippen molar-refractivity contribution in [1.82, 2.24) is 9.97 Å². The van der Waals surface area contributed by atoms with Gasteiger partial charge in [0.2, 0.25) is 0 Å². The van der Waals surface area contributed by atoms with Crippen molar-refractivity contribution in [2.75, 3.05) is 0 Å². The van der Waals surface area contributed by atoms with Crippen molar-refractivity contribution in [3.8, 4) is 21.7 Å². The van der Waals surface area contributed by atoms with Gasteiger partial charge in [0, 0.05) is 31.8 Å². The molecular formula is C31H29N3S2. The van der Waals surface area contributed by atoms with Crippen molar-refractivity contribution in [3.05, 3.63) is 72.0 Å². The summed E-state index contributed by atoms with van der Waals surface area (Å²) in [6.45, 7) is 10.8. The van der Waals surface area contributed by atoms with Gasteiger partial charge in [-0.1, -0.05) is 52.0 Å². The van der Waals surface area contributed by atoms with Gasteiger partial charge in [-0.25, -0.2) is 4.98 Å². The minimum atomic E-state index is 0.393. The molecule has 0 aliphatic carbocycles. The third-order valence-electron chi connectivity index (χ3n) is 6.92. The molecule has 0 aliphatic heterocycles. The van der Waals surface area contributed by atoms with E-state index >= 15 is 0 Å². The molecule has 0 fully saturated rings. The van der Waals surface area contributed by atoms with E-state index in [1.807, 2.05) is 17.5 Å². The summed E-state index contributed by atoms with van der Waals surface area (Å²) < 4.78 is 2.60. The van der Waals surface area contributed by atoms with E-state index in [0.717, 1.165) is 22.9 Å². The van der Waals surface area contributed by atoms with E-state index in [1.165, 1.54) is 46.9 Å². The number of imidazole rings is 1. The highest BCUT2D eigenvalue weighted by Crippen LogP contribution is 2.40. The standard InChI is InChI=1S/C31H29N3S2/c1-17(2)19(5)33-26-13-22-8-6-20(12-25(22)30-24(26)10-11-35-30)21-7-9-23-15-29(36-28(23)14-21)27-16-32-31(34-27)18(3)4/h6-18H,1-5H3,(H,32,34)/b33-19+. The highest BCUT2D eigenvalue weighted by molar-refractivity contribution is 7.22. The lowest BCUT2D eigenvalue weighted by molar-refractivity contribution is 0.795. The molecule has 0 spiro atoms. The van der Waals surface area contributed by atoms with E-state index in [0.29, 0.717) is 11.8 Å². The maximum absolute atomic E-state index is 4.98. The van der Waals surface area contributed by atoms with Crippen LogP contribution in [0.1, 0.15) is 46.4 Å².